The highest BCUT2D eigenvalue weighted by Gasteiger charge is 2.07. The van der Waals surface area contributed by atoms with Gasteiger partial charge in [-0.15, -0.1) is 0 Å². The van der Waals surface area contributed by atoms with E-state index in [9.17, 15) is 9.59 Å². The van der Waals surface area contributed by atoms with Gasteiger partial charge in [0.25, 0.3) is 0 Å². The molecule has 0 aliphatic rings. The van der Waals surface area contributed by atoms with Crippen LogP contribution in [-0.2, 0) is 9.59 Å². The van der Waals surface area contributed by atoms with Gasteiger partial charge in [-0.2, -0.15) is 0 Å². The maximum Gasteiger partial charge on any atom is 0.303 e. The quantitative estimate of drug-likeness (QED) is 0.826. The third-order valence-corrected chi connectivity index (χ3v) is 2.79. The van der Waals surface area contributed by atoms with Crippen LogP contribution < -0.4 is 10.2 Å². The average molecular weight is 264 g/mol. The number of nitrogens with zero attached hydrogens (tertiary/aromatic N) is 1. The summed E-state index contributed by atoms with van der Waals surface area (Å²) < 4.78 is 0. The van der Waals surface area contributed by atoms with Crippen molar-refractivity contribution in [3.8, 4) is 0 Å². The molecular weight excluding hydrogens is 244 g/mol. The summed E-state index contributed by atoms with van der Waals surface area (Å²) in [6.45, 7) is 1.93. The number of anilines is 2. The lowest BCUT2D eigenvalue weighted by Crippen LogP contribution is -2.14. The number of carbonyl (C=O) groups is 2. The third kappa shape index (κ3) is 4.99. The van der Waals surface area contributed by atoms with Crippen LogP contribution in [0.15, 0.2) is 18.2 Å². The van der Waals surface area contributed by atoms with E-state index in [2.05, 4.69) is 5.32 Å². The Morgan fingerprint density at radius 2 is 1.95 bits per heavy atom. The van der Waals surface area contributed by atoms with Crippen molar-refractivity contribution in [3.63, 3.8) is 0 Å². The van der Waals surface area contributed by atoms with Gasteiger partial charge < -0.3 is 15.3 Å². The van der Waals surface area contributed by atoms with Gasteiger partial charge in [-0.05, 0) is 37.1 Å². The van der Waals surface area contributed by atoms with Crippen LogP contribution in [0.1, 0.15) is 24.8 Å². The molecule has 0 saturated carbocycles. The van der Waals surface area contributed by atoms with Gasteiger partial charge in [-0.1, -0.05) is 0 Å². The molecule has 1 amide bonds. The Bertz CT molecular complexity index is 470. The van der Waals surface area contributed by atoms with Crippen molar-refractivity contribution < 1.29 is 14.7 Å². The van der Waals surface area contributed by atoms with Gasteiger partial charge in [-0.3, -0.25) is 9.59 Å². The van der Waals surface area contributed by atoms with E-state index in [0.29, 0.717) is 6.42 Å². The fourth-order valence-corrected chi connectivity index (χ4v) is 1.68. The molecule has 0 spiro atoms. The maximum atomic E-state index is 11.7. The second kappa shape index (κ2) is 6.78. The van der Waals surface area contributed by atoms with E-state index in [4.69, 9.17) is 5.11 Å². The number of carboxylic acids is 1. The predicted octanol–water partition coefficient (Wildman–Crippen LogP) is 2.25. The molecule has 0 aliphatic carbocycles. The molecule has 0 saturated heterocycles. The van der Waals surface area contributed by atoms with Crippen molar-refractivity contribution in [1.82, 2.24) is 0 Å². The van der Waals surface area contributed by atoms with Crippen LogP contribution in [0.2, 0.25) is 0 Å². The zero-order valence-electron chi connectivity index (χ0n) is 11.6. The van der Waals surface area contributed by atoms with Crippen molar-refractivity contribution in [1.29, 1.82) is 0 Å². The normalized spacial score (nSPS) is 10.1. The largest absolute Gasteiger partial charge is 0.481 e. The minimum Gasteiger partial charge on any atom is -0.481 e. The first-order chi connectivity index (χ1) is 8.90. The summed E-state index contributed by atoms with van der Waals surface area (Å²) >= 11 is 0. The second-order valence-corrected chi connectivity index (χ2v) is 4.69. The van der Waals surface area contributed by atoms with Crippen LogP contribution >= 0.6 is 0 Å². The van der Waals surface area contributed by atoms with Gasteiger partial charge >= 0.3 is 5.97 Å². The average Bonchev–Trinajstić information content (AvgIpc) is 2.31. The summed E-state index contributed by atoms with van der Waals surface area (Å²) in [6.07, 6.45) is 0.600. The molecule has 0 atom stereocenters. The fourth-order valence-electron chi connectivity index (χ4n) is 1.68. The van der Waals surface area contributed by atoms with E-state index in [1.807, 2.05) is 44.1 Å². The number of hydrogen-bond acceptors (Lipinski definition) is 3. The molecule has 5 heteroatoms. The topological polar surface area (TPSA) is 69.6 Å². The zero-order valence-corrected chi connectivity index (χ0v) is 11.6. The van der Waals surface area contributed by atoms with Crippen molar-refractivity contribution in [2.75, 3.05) is 24.3 Å². The first-order valence-corrected chi connectivity index (χ1v) is 6.20. The lowest BCUT2D eigenvalue weighted by molar-refractivity contribution is -0.137. The number of benzene rings is 1. The number of rotatable bonds is 6. The van der Waals surface area contributed by atoms with Gasteiger partial charge in [0.15, 0.2) is 0 Å². The Kier molecular flexibility index (Phi) is 5.36. The van der Waals surface area contributed by atoms with Gasteiger partial charge in [-0.25, -0.2) is 0 Å². The van der Waals surface area contributed by atoms with E-state index < -0.39 is 5.97 Å². The van der Waals surface area contributed by atoms with Gasteiger partial charge in [0.1, 0.15) is 0 Å². The van der Waals surface area contributed by atoms with Gasteiger partial charge in [0, 0.05) is 38.3 Å². The number of amides is 1. The van der Waals surface area contributed by atoms with Crippen LogP contribution in [-0.4, -0.2) is 31.1 Å². The molecule has 0 fully saturated rings. The highest BCUT2D eigenvalue weighted by atomic mass is 16.4. The van der Waals surface area contributed by atoms with Crippen LogP contribution in [0.3, 0.4) is 0 Å². The van der Waals surface area contributed by atoms with Crippen LogP contribution in [0.25, 0.3) is 0 Å². The molecule has 0 aromatic heterocycles. The Morgan fingerprint density at radius 3 is 2.47 bits per heavy atom. The molecule has 0 radical (unpaired) electrons. The summed E-state index contributed by atoms with van der Waals surface area (Å²) in [5.41, 5.74) is 2.82. The van der Waals surface area contributed by atoms with Crippen molar-refractivity contribution in [3.05, 3.63) is 23.8 Å². The molecule has 0 unspecified atom stereocenters. The minimum atomic E-state index is -0.876. The highest BCUT2D eigenvalue weighted by molar-refractivity contribution is 5.91. The molecule has 104 valence electrons. The van der Waals surface area contributed by atoms with Crippen LogP contribution in [0, 0.1) is 6.92 Å². The summed E-state index contributed by atoms with van der Waals surface area (Å²) in [4.78, 5) is 24.0. The lowest BCUT2D eigenvalue weighted by Gasteiger charge is -2.15. The molecule has 5 nitrogen and oxygen atoms in total. The van der Waals surface area contributed by atoms with E-state index in [-0.39, 0.29) is 18.7 Å². The molecule has 0 heterocycles. The van der Waals surface area contributed by atoms with Crippen molar-refractivity contribution in [2.24, 2.45) is 0 Å². The predicted molar refractivity (Wildman–Crippen MR) is 75.6 cm³/mol. The van der Waals surface area contributed by atoms with Crippen LogP contribution in [0.4, 0.5) is 11.4 Å². The number of hydrogen-bond donors (Lipinski definition) is 2. The monoisotopic (exact) mass is 264 g/mol. The number of nitrogens with one attached hydrogen (secondary N) is 1. The fraction of sp³-hybridized carbons (Fsp3) is 0.429. The first kappa shape index (κ1) is 15.0. The summed E-state index contributed by atoms with van der Waals surface area (Å²) in [5, 5.41) is 11.3. The Hall–Kier alpha value is -2.04. The Morgan fingerprint density at radius 1 is 1.26 bits per heavy atom. The van der Waals surface area contributed by atoms with Gasteiger partial charge in [0.2, 0.25) is 5.91 Å². The van der Waals surface area contributed by atoms with E-state index in [1.165, 1.54) is 0 Å². The van der Waals surface area contributed by atoms with E-state index >= 15 is 0 Å². The number of carboxylic acid groups (broad SMARTS) is 1. The Labute approximate surface area is 113 Å². The van der Waals surface area contributed by atoms with E-state index in [1.54, 1.807) is 0 Å². The molecule has 1 aromatic carbocycles. The minimum absolute atomic E-state index is 0.0198. The number of aliphatic carboxylic acids is 1. The summed E-state index contributed by atoms with van der Waals surface area (Å²) in [7, 11) is 3.91. The summed E-state index contributed by atoms with van der Waals surface area (Å²) in [6, 6.07) is 5.78. The number of carbonyl (C=O) groups excluding carboxylic acids is 1. The number of aryl methyl sites for hydroxylation is 1. The standard InChI is InChI=1S/C14H20N2O3/c1-10-9-11(16(2)3)7-8-12(10)15-13(17)5-4-6-14(18)19/h7-9H,4-6H2,1-3H3,(H,15,17)(H,18,19). The highest BCUT2D eigenvalue weighted by Crippen LogP contribution is 2.21. The molecule has 1 aromatic rings. The first-order valence-electron chi connectivity index (χ1n) is 6.20. The third-order valence-electron chi connectivity index (χ3n) is 2.79. The Balaban J connectivity index is 2.57. The molecule has 0 aliphatic heterocycles. The van der Waals surface area contributed by atoms with Crippen molar-refractivity contribution >= 4 is 23.3 Å². The second-order valence-electron chi connectivity index (χ2n) is 4.69. The van der Waals surface area contributed by atoms with Crippen molar-refractivity contribution in [2.45, 2.75) is 26.2 Å². The molecular formula is C14H20N2O3. The van der Waals surface area contributed by atoms with Gasteiger partial charge in [0.05, 0.1) is 0 Å². The molecule has 19 heavy (non-hydrogen) atoms. The lowest BCUT2D eigenvalue weighted by atomic mass is 10.1. The summed E-state index contributed by atoms with van der Waals surface area (Å²) in [5.74, 6) is -1.03. The molecule has 2 N–H and O–H groups in total. The smallest absolute Gasteiger partial charge is 0.303 e. The maximum absolute atomic E-state index is 11.7. The SMILES string of the molecule is Cc1cc(N(C)C)ccc1NC(=O)CCCC(=O)O. The molecule has 0 bridgehead atoms. The molecule has 1 rings (SSSR count). The van der Waals surface area contributed by atoms with E-state index in [0.717, 1.165) is 16.9 Å². The zero-order chi connectivity index (χ0) is 14.4. The van der Waals surface area contributed by atoms with Crippen LogP contribution in [0.5, 0.6) is 0 Å².